The van der Waals surface area contributed by atoms with E-state index in [-0.39, 0.29) is 11.2 Å². The first-order chi connectivity index (χ1) is 11.6. The van der Waals surface area contributed by atoms with Crippen LogP contribution in [0.1, 0.15) is 49.3 Å². The molecule has 0 radical (unpaired) electrons. The van der Waals surface area contributed by atoms with Gasteiger partial charge in [-0.25, -0.2) is 0 Å². The summed E-state index contributed by atoms with van der Waals surface area (Å²) in [5, 5.41) is 0. The van der Waals surface area contributed by atoms with E-state index in [1.54, 1.807) is 6.92 Å². The van der Waals surface area contributed by atoms with Gasteiger partial charge in [0.15, 0.2) is 0 Å². The molecule has 2 aromatic carbocycles. The summed E-state index contributed by atoms with van der Waals surface area (Å²) in [4.78, 5) is 16.7. The van der Waals surface area contributed by atoms with Gasteiger partial charge in [0.25, 0.3) is 0 Å². The normalized spacial score (nSPS) is 20.5. The summed E-state index contributed by atoms with van der Waals surface area (Å²) in [6, 6.07) is 19.0. The molecule has 0 fully saturated rings. The number of hydrogen-bond acceptors (Lipinski definition) is 2. The molecule has 1 aliphatic rings. The minimum absolute atomic E-state index is 0.120. The van der Waals surface area contributed by atoms with Gasteiger partial charge in [0.1, 0.15) is 5.78 Å². The van der Waals surface area contributed by atoms with Crippen molar-refractivity contribution in [3.05, 3.63) is 71.3 Å². The van der Waals surface area contributed by atoms with Crippen LogP contribution in [0.2, 0.25) is 0 Å². The van der Waals surface area contributed by atoms with Gasteiger partial charge in [-0.1, -0.05) is 54.6 Å². The van der Waals surface area contributed by atoms with Crippen LogP contribution in [0.25, 0.3) is 0 Å². The highest BCUT2D eigenvalue weighted by Gasteiger charge is 2.38. The lowest BCUT2D eigenvalue weighted by molar-refractivity contribution is -0.118. The zero-order valence-corrected chi connectivity index (χ0v) is 14.6. The van der Waals surface area contributed by atoms with Crippen LogP contribution in [0.3, 0.4) is 0 Å². The minimum atomic E-state index is -0.120. The molecule has 1 unspecified atom stereocenters. The molecule has 3 rings (SSSR count). The number of rotatable bonds is 5. The third-order valence-corrected chi connectivity index (χ3v) is 5.16. The number of aryl methyl sites for hydroxylation is 1. The average Bonchev–Trinajstić information content (AvgIpc) is 2.60. The molecule has 0 heterocycles. The van der Waals surface area contributed by atoms with E-state index in [0.29, 0.717) is 6.42 Å². The second kappa shape index (κ2) is 7.12. The van der Waals surface area contributed by atoms with Gasteiger partial charge in [-0.2, -0.15) is 0 Å². The van der Waals surface area contributed by atoms with Crippen molar-refractivity contribution in [1.82, 2.24) is 0 Å². The third kappa shape index (κ3) is 3.33. The molecule has 124 valence electrons. The Morgan fingerprint density at radius 1 is 1.04 bits per heavy atom. The molecule has 1 atom stereocenters. The molecule has 0 aliphatic heterocycles. The Labute approximate surface area is 144 Å². The lowest BCUT2D eigenvalue weighted by atomic mass is 9.64. The summed E-state index contributed by atoms with van der Waals surface area (Å²) >= 11 is 0. The minimum Gasteiger partial charge on any atom is -0.300 e. The number of carbonyl (C=O) groups is 1. The molecule has 0 bridgehead atoms. The molecule has 0 N–H and O–H groups in total. The van der Waals surface area contributed by atoms with Crippen LogP contribution in [-0.4, -0.2) is 18.5 Å². The number of benzene rings is 2. The molecular formula is C22H25NO. The molecule has 2 nitrogen and oxygen atoms in total. The first-order valence-electron chi connectivity index (χ1n) is 8.73. The van der Waals surface area contributed by atoms with Gasteiger partial charge in [-0.05, 0) is 49.3 Å². The maximum Gasteiger partial charge on any atom is 0.130 e. The Bertz CT molecular complexity index is 748. The van der Waals surface area contributed by atoms with Crippen LogP contribution in [0.15, 0.2) is 59.6 Å². The second-order valence-corrected chi connectivity index (χ2v) is 6.88. The van der Waals surface area contributed by atoms with Crippen molar-refractivity contribution in [2.75, 3.05) is 7.05 Å². The van der Waals surface area contributed by atoms with Gasteiger partial charge in [-0.15, -0.1) is 0 Å². The molecule has 0 amide bonds. The highest BCUT2D eigenvalue weighted by molar-refractivity contribution is 6.01. The average molecular weight is 319 g/mol. The summed E-state index contributed by atoms with van der Waals surface area (Å²) < 4.78 is 0. The van der Waals surface area contributed by atoms with Gasteiger partial charge >= 0.3 is 0 Å². The first kappa shape index (κ1) is 16.6. The zero-order valence-electron chi connectivity index (χ0n) is 14.6. The van der Waals surface area contributed by atoms with E-state index in [9.17, 15) is 4.79 Å². The van der Waals surface area contributed by atoms with E-state index < -0.39 is 0 Å². The largest absolute Gasteiger partial charge is 0.300 e. The Hall–Kier alpha value is -2.22. The van der Waals surface area contributed by atoms with E-state index in [4.69, 9.17) is 0 Å². The van der Waals surface area contributed by atoms with Crippen LogP contribution in [0.4, 0.5) is 0 Å². The maximum atomic E-state index is 12.1. The number of carbonyl (C=O) groups excluding carboxylic acids is 1. The number of fused-ring (bicyclic) bond motifs is 1. The van der Waals surface area contributed by atoms with Crippen molar-refractivity contribution in [3.8, 4) is 0 Å². The highest BCUT2D eigenvalue weighted by atomic mass is 16.1. The van der Waals surface area contributed by atoms with Crippen LogP contribution in [0, 0.1) is 0 Å². The molecule has 0 saturated carbocycles. The number of ketones is 1. The summed E-state index contributed by atoms with van der Waals surface area (Å²) in [6.45, 7) is 1.71. The SMILES string of the molecule is CN=C(CC1(CC(C)=O)CCCc2ccccc21)c1ccccc1. The van der Waals surface area contributed by atoms with Gasteiger partial charge in [-0.3, -0.25) is 9.79 Å². The van der Waals surface area contributed by atoms with Crippen molar-refractivity contribution in [2.45, 2.75) is 44.4 Å². The molecule has 0 spiro atoms. The molecule has 2 heteroatoms. The summed E-state index contributed by atoms with van der Waals surface area (Å²) in [6.07, 6.45) is 4.71. The molecule has 2 aromatic rings. The lowest BCUT2D eigenvalue weighted by Crippen LogP contribution is -2.35. The van der Waals surface area contributed by atoms with Gasteiger partial charge < -0.3 is 0 Å². The monoisotopic (exact) mass is 319 g/mol. The van der Waals surface area contributed by atoms with Crippen molar-refractivity contribution in [3.63, 3.8) is 0 Å². The second-order valence-electron chi connectivity index (χ2n) is 6.88. The van der Waals surface area contributed by atoms with Gasteiger partial charge in [0.05, 0.1) is 0 Å². The Morgan fingerprint density at radius 3 is 2.46 bits per heavy atom. The molecule has 24 heavy (non-hydrogen) atoms. The third-order valence-electron chi connectivity index (χ3n) is 5.16. The first-order valence-corrected chi connectivity index (χ1v) is 8.73. The Balaban J connectivity index is 2.04. The van der Waals surface area contributed by atoms with E-state index in [1.807, 2.05) is 25.2 Å². The van der Waals surface area contributed by atoms with Crippen LogP contribution in [0.5, 0.6) is 0 Å². The number of Topliss-reactive ketones (excluding diaryl/α,β-unsaturated/α-hetero) is 1. The number of hydrogen-bond donors (Lipinski definition) is 0. The quantitative estimate of drug-likeness (QED) is 0.731. The van der Waals surface area contributed by atoms with E-state index in [2.05, 4.69) is 41.4 Å². The van der Waals surface area contributed by atoms with Crippen molar-refractivity contribution >= 4 is 11.5 Å². The van der Waals surface area contributed by atoms with E-state index in [1.165, 1.54) is 11.1 Å². The number of nitrogens with zero attached hydrogens (tertiary/aromatic N) is 1. The van der Waals surface area contributed by atoms with Crippen molar-refractivity contribution in [2.24, 2.45) is 4.99 Å². The highest BCUT2D eigenvalue weighted by Crippen LogP contribution is 2.43. The molecular weight excluding hydrogens is 294 g/mol. The lowest BCUT2D eigenvalue weighted by Gasteiger charge is -2.39. The summed E-state index contributed by atoms with van der Waals surface area (Å²) in [5.41, 5.74) is 4.88. The molecule has 0 saturated heterocycles. The molecule has 1 aliphatic carbocycles. The van der Waals surface area contributed by atoms with Gasteiger partial charge in [0.2, 0.25) is 0 Å². The van der Waals surface area contributed by atoms with E-state index in [0.717, 1.165) is 37.0 Å². The topological polar surface area (TPSA) is 29.4 Å². The van der Waals surface area contributed by atoms with Crippen LogP contribution >= 0.6 is 0 Å². The number of aliphatic imine (C=N–C) groups is 1. The summed E-state index contributed by atoms with van der Waals surface area (Å²) in [5.74, 6) is 0.259. The summed E-state index contributed by atoms with van der Waals surface area (Å²) in [7, 11) is 1.86. The van der Waals surface area contributed by atoms with Crippen LogP contribution < -0.4 is 0 Å². The smallest absolute Gasteiger partial charge is 0.130 e. The van der Waals surface area contributed by atoms with Crippen molar-refractivity contribution in [1.29, 1.82) is 0 Å². The Kier molecular flexibility index (Phi) is 4.94. The van der Waals surface area contributed by atoms with E-state index >= 15 is 0 Å². The van der Waals surface area contributed by atoms with Crippen LogP contribution in [-0.2, 0) is 16.6 Å². The van der Waals surface area contributed by atoms with Gasteiger partial charge in [0, 0.05) is 24.6 Å². The maximum absolute atomic E-state index is 12.1. The Morgan fingerprint density at radius 2 is 1.75 bits per heavy atom. The predicted octanol–water partition coefficient (Wildman–Crippen LogP) is 4.75. The zero-order chi connectivity index (χ0) is 17.0. The fourth-order valence-corrected chi connectivity index (χ4v) is 4.18. The standard InChI is InChI=1S/C22H25NO/c1-17(24)15-22(14-8-12-18-9-6-7-13-20(18)22)16-21(23-2)19-10-4-3-5-11-19/h3-7,9-11,13H,8,12,14-16H2,1-2H3. The predicted molar refractivity (Wildman–Crippen MR) is 99.9 cm³/mol. The van der Waals surface area contributed by atoms with Crippen molar-refractivity contribution < 1.29 is 4.79 Å². The fraction of sp³-hybridized carbons (Fsp3) is 0.364. The molecule has 0 aromatic heterocycles. The fourth-order valence-electron chi connectivity index (χ4n) is 4.18.